The Balaban J connectivity index is 2.56. The van der Waals surface area contributed by atoms with Crippen molar-refractivity contribution in [1.82, 2.24) is 0 Å². The predicted molar refractivity (Wildman–Crippen MR) is 268 cm³/mol. The summed E-state index contributed by atoms with van der Waals surface area (Å²) in [4.78, 5) is 35.7. The molecule has 1 aliphatic carbocycles. The van der Waals surface area contributed by atoms with Crippen LogP contribution in [0.4, 0.5) is 0 Å². The Labute approximate surface area is 405 Å². The van der Waals surface area contributed by atoms with E-state index in [1.54, 1.807) is 6.08 Å². The highest BCUT2D eigenvalue weighted by Gasteiger charge is 2.51. The van der Waals surface area contributed by atoms with Crippen LogP contribution < -0.4 is 0 Å². The second kappa shape index (κ2) is 40.8. The summed E-state index contributed by atoms with van der Waals surface area (Å²) >= 11 is 0. The molecule has 0 amide bonds. The van der Waals surface area contributed by atoms with Gasteiger partial charge in [-0.25, -0.2) is 4.57 Å². The van der Waals surface area contributed by atoms with Crippen LogP contribution in [0.2, 0.25) is 0 Å². The van der Waals surface area contributed by atoms with Gasteiger partial charge in [0.1, 0.15) is 43.2 Å². The van der Waals surface area contributed by atoms with Gasteiger partial charge in [-0.1, -0.05) is 154 Å². The van der Waals surface area contributed by atoms with E-state index in [0.717, 1.165) is 64.2 Å². The van der Waals surface area contributed by atoms with Crippen molar-refractivity contribution >= 4 is 19.8 Å². The quantitative estimate of drug-likeness (QED) is 0.0101. The van der Waals surface area contributed by atoms with Gasteiger partial charge < -0.3 is 45.0 Å². The molecule has 0 bridgehead atoms. The van der Waals surface area contributed by atoms with E-state index in [0.29, 0.717) is 32.1 Å². The fourth-order valence-electron chi connectivity index (χ4n) is 6.25. The first kappa shape index (κ1) is 62.0. The maximum atomic E-state index is 12.8. The number of allylic oxidation sites excluding steroid dienone is 20. The third kappa shape index (κ3) is 32.7. The summed E-state index contributed by atoms with van der Waals surface area (Å²) in [5.74, 6) is -1.28. The monoisotopic (exact) mass is 973 g/mol. The molecule has 68 heavy (non-hydrogen) atoms. The lowest BCUT2D eigenvalue weighted by Gasteiger charge is -2.41. The summed E-state index contributed by atoms with van der Waals surface area (Å²) < 4.78 is 33.4. The molecule has 1 saturated carbocycles. The zero-order valence-corrected chi connectivity index (χ0v) is 41.1. The normalized spacial score (nSPS) is 22.7. The van der Waals surface area contributed by atoms with Crippen LogP contribution in [0.5, 0.6) is 0 Å². The van der Waals surface area contributed by atoms with Crippen LogP contribution in [0.1, 0.15) is 123 Å². The number of phosphoric acid groups is 1. The zero-order valence-electron chi connectivity index (χ0n) is 40.2. The molecule has 4 unspecified atom stereocenters. The Bertz CT molecular complexity index is 1710. The molecular formula is C53H81O14P. The van der Waals surface area contributed by atoms with Crippen molar-refractivity contribution in [2.75, 3.05) is 13.2 Å². The predicted octanol–water partition coefficient (Wildman–Crippen LogP) is 8.91. The highest BCUT2D eigenvalue weighted by atomic mass is 31.2. The van der Waals surface area contributed by atoms with Gasteiger partial charge in [0, 0.05) is 12.8 Å². The number of aliphatic hydroxyl groups excluding tert-OH is 6. The first-order valence-electron chi connectivity index (χ1n) is 24.1. The van der Waals surface area contributed by atoms with Crippen molar-refractivity contribution in [2.24, 2.45) is 0 Å². The Morgan fingerprint density at radius 1 is 0.529 bits per heavy atom. The van der Waals surface area contributed by atoms with Crippen molar-refractivity contribution in [3.63, 3.8) is 0 Å². The van der Waals surface area contributed by atoms with Crippen molar-refractivity contribution < 1.29 is 68.2 Å². The molecule has 0 aliphatic heterocycles. The number of phosphoric ester groups is 1. The standard InChI is InChI=1S/C53H81O14P/c1-3-5-7-9-11-12-13-14-15-16-17-18-19-20-21-26-29-33-37-41-47(56)66-45(43-65-68(62,63)67-53-51(60)49(58)48(57)50(59)52(53)61)42-64-46(55)40-36-32-28-25-23-22-24-27-31-35-39-44(54)38-34-30-10-8-6-4-2/h5-8,11-12,14-15,17-18,20-23,27-28,30-32,34-35,39,44-45,48-54,57-61H,3-4,9-10,13,16,19,24-26,29,33,36-38,40-43H2,1-2H3,(H,62,63)/b7-5-,8-6-,12-11-,15-14-,18-17-,21-20-,23-22-,31-27-,32-28-,34-30-,39-35+/t44?,45-,48?,49-,50+,51-,52-,53?/m1/s1. The van der Waals surface area contributed by atoms with Crippen molar-refractivity contribution in [2.45, 2.75) is 172 Å². The van der Waals surface area contributed by atoms with Crippen molar-refractivity contribution in [3.8, 4) is 0 Å². The Morgan fingerprint density at radius 2 is 1.00 bits per heavy atom. The first-order chi connectivity index (χ1) is 32.8. The van der Waals surface area contributed by atoms with Gasteiger partial charge in [-0.2, -0.15) is 0 Å². The number of aliphatic hydroxyl groups is 6. The van der Waals surface area contributed by atoms with Gasteiger partial charge in [-0.3, -0.25) is 18.6 Å². The molecule has 0 saturated heterocycles. The van der Waals surface area contributed by atoms with Crippen molar-refractivity contribution in [3.05, 3.63) is 134 Å². The highest BCUT2D eigenvalue weighted by molar-refractivity contribution is 7.47. The smallest absolute Gasteiger partial charge is 0.462 e. The second-order valence-electron chi connectivity index (χ2n) is 16.0. The van der Waals surface area contributed by atoms with Crippen molar-refractivity contribution in [1.29, 1.82) is 0 Å². The topological polar surface area (TPSA) is 230 Å². The van der Waals surface area contributed by atoms with Crippen LogP contribution >= 0.6 is 7.82 Å². The average molecular weight is 973 g/mol. The third-order valence-electron chi connectivity index (χ3n) is 10.1. The molecule has 0 heterocycles. The second-order valence-corrected chi connectivity index (χ2v) is 17.5. The average Bonchev–Trinajstić information content (AvgIpc) is 3.32. The summed E-state index contributed by atoms with van der Waals surface area (Å²) in [5.41, 5.74) is 0. The lowest BCUT2D eigenvalue weighted by molar-refractivity contribution is -0.220. The number of rotatable bonds is 37. The number of carbonyl (C=O) groups excluding carboxylic acids is 2. The molecule has 15 heteroatoms. The van der Waals surface area contributed by atoms with Gasteiger partial charge in [-0.05, 0) is 89.9 Å². The van der Waals surface area contributed by atoms with Crippen LogP contribution in [-0.2, 0) is 32.7 Å². The van der Waals surface area contributed by atoms with Gasteiger partial charge in [0.2, 0.25) is 0 Å². The van der Waals surface area contributed by atoms with E-state index in [-0.39, 0.29) is 12.8 Å². The first-order valence-corrected chi connectivity index (χ1v) is 25.6. The number of hydrogen-bond acceptors (Lipinski definition) is 13. The SMILES string of the molecule is CC/C=C\C/C=C\C/C=C\C/C=C\C/C=C\CCCCCC(=O)O[C@H](COC(=O)CC/C=C\C/C=C\C/C=C\C=C\C(O)C/C=C\C/C=C\CC)COP(=O)(O)OC1[C@H](O)[C@H](O)C(O)[C@H](O)[C@H]1O. The number of carbonyl (C=O) groups is 2. The number of ether oxygens (including phenoxy) is 2. The van der Waals surface area contributed by atoms with E-state index in [1.165, 1.54) is 0 Å². The largest absolute Gasteiger partial charge is 0.472 e. The third-order valence-corrected chi connectivity index (χ3v) is 11.1. The fourth-order valence-corrected chi connectivity index (χ4v) is 7.22. The van der Waals surface area contributed by atoms with Crippen LogP contribution in [0, 0.1) is 0 Å². The molecule has 0 aromatic carbocycles. The van der Waals surface area contributed by atoms with Gasteiger partial charge in [0.25, 0.3) is 0 Å². The highest BCUT2D eigenvalue weighted by Crippen LogP contribution is 2.47. The van der Waals surface area contributed by atoms with E-state index < -0.39 is 81.8 Å². The molecule has 0 radical (unpaired) electrons. The molecular weight excluding hydrogens is 892 g/mol. The minimum absolute atomic E-state index is 0.00180. The lowest BCUT2D eigenvalue weighted by Crippen LogP contribution is -2.64. The van der Waals surface area contributed by atoms with Crippen LogP contribution in [0.15, 0.2) is 134 Å². The van der Waals surface area contributed by atoms with Crippen LogP contribution in [0.25, 0.3) is 0 Å². The summed E-state index contributed by atoms with van der Waals surface area (Å²) in [7, 11) is -5.17. The van der Waals surface area contributed by atoms with Gasteiger partial charge in [0.15, 0.2) is 6.10 Å². The molecule has 0 aromatic heterocycles. The molecule has 382 valence electrons. The number of hydrogen-bond donors (Lipinski definition) is 7. The van der Waals surface area contributed by atoms with Crippen LogP contribution in [-0.4, -0.2) is 110 Å². The Kier molecular flexibility index (Phi) is 37.2. The van der Waals surface area contributed by atoms with Gasteiger partial charge in [0.05, 0.1) is 12.7 Å². The summed E-state index contributed by atoms with van der Waals surface area (Å²) in [6.07, 6.45) is 42.5. The zero-order chi connectivity index (χ0) is 50.1. The molecule has 9 atom stereocenters. The Morgan fingerprint density at radius 3 is 1.54 bits per heavy atom. The maximum Gasteiger partial charge on any atom is 0.472 e. The molecule has 1 fully saturated rings. The summed E-state index contributed by atoms with van der Waals surface area (Å²) in [5, 5.41) is 60.2. The van der Waals surface area contributed by atoms with Crippen LogP contribution in [0.3, 0.4) is 0 Å². The van der Waals surface area contributed by atoms with E-state index in [9.17, 15) is 49.7 Å². The number of esters is 2. The summed E-state index contributed by atoms with van der Waals surface area (Å²) in [6.45, 7) is 2.90. The van der Waals surface area contributed by atoms with Gasteiger partial charge in [-0.15, -0.1) is 0 Å². The molecule has 0 aromatic rings. The van der Waals surface area contributed by atoms with E-state index in [1.807, 2.05) is 54.7 Å². The van der Waals surface area contributed by atoms with E-state index >= 15 is 0 Å². The molecule has 14 nitrogen and oxygen atoms in total. The minimum atomic E-state index is -5.17. The minimum Gasteiger partial charge on any atom is -0.462 e. The Hall–Kier alpha value is -4.05. The molecule has 7 N–H and O–H groups in total. The lowest BCUT2D eigenvalue weighted by atomic mass is 9.85. The molecule has 1 rings (SSSR count). The summed E-state index contributed by atoms with van der Waals surface area (Å²) in [6, 6.07) is 0. The molecule has 1 aliphatic rings. The number of unbranched alkanes of at least 4 members (excludes halogenated alkanes) is 3. The maximum absolute atomic E-state index is 12.8. The molecule has 0 spiro atoms. The van der Waals surface area contributed by atoms with Gasteiger partial charge >= 0.3 is 19.8 Å². The fraction of sp³-hybridized carbons (Fsp3) is 0.547. The van der Waals surface area contributed by atoms with E-state index in [2.05, 4.69) is 86.8 Å². The van der Waals surface area contributed by atoms with E-state index in [4.69, 9.17) is 18.5 Å².